The number of hydrogen-bond acceptors (Lipinski definition) is 3. The molecule has 0 aromatic rings. The first-order chi connectivity index (χ1) is 6.24. The minimum atomic E-state index is 0.710. The highest BCUT2D eigenvalue weighted by molar-refractivity contribution is 4.73. The van der Waals surface area contributed by atoms with Crippen molar-refractivity contribution in [1.29, 1.82) is 0 Å². The van der Waals surface area contributed by atoms with Crippen LogP contribution in [0, 0.1) is 0 Å². The van der Waals surface area contributed by atoms with Crippen molar-refractivity contribution >= 4 is 0 Å². The van der Waals surface area contributed by atoms with Gasteiger partial charge in [-0.05, 0) is 20.4 Å². The summed E-state index contributed by atoms with van der Waals surface area (Å²) in [7, 11) is 0. The summed E-state index contributed by atoms with van der Waals surface area (Å²) < 4.78 is 0. The van der Waals surface area contributed by atoms with E-state index in [0.717, 1.165) is 13.2 Å². The molecule has 13 heavy (non-hydrogen) atoms. The molecule has 0 bridgehead atoms. The summed E-state index contributed by atoms with van der Waals surface area (Å²) >= 11 is 0. The second-order valence-electron chi connectivity index (χ2n) is 4.01. The number of rotatable bonds is 4. The Hall–Kier alpha value is -0.120. The molecule has 0 unspecified atom stereocenters. The zero-order valence-electron chi connectivity index (χ0n) is 9.21. The van der Waals surface area contributed by atoms with Gasteiger partial charge in [0.2, 0.25) is 0 Å². The normalized spacial score (nSPS) is 21.2. The molecule has 0 aromatic heterocycles. The molecule has 1 aliphatic rings. The lowest BCUT2D eigenvalue weighted by Gasteiger charge is -2.36. The molecule has 1 N–H and O–H groups in total. The van der Waals surface area contributed by atoms with Gasteiger partial charge in [-0.2, -0.15) is 0 Å². The van der Waals surface area contributed by atoms with E-state index in [9.17, 15) is 0 Å². The van der Waals surface area contributed by atoms with E-state index < -0.39 is 0 Å². The third-order valence-corrected chi connectivity index (χ3v) is 2.72. The van der Waals surface area contributed by atoms with Crippen LogP contribution in [-0.4, -0.2) is 55.2 Å². The van der Waals surface area contributed by atoms with Crippen LogP contribution in [0.1, 0.15) is 20.8 Å². The Balaban J connectivity index is 2.15. The molecule has 0 aliphatic carbocycles. The molecule has 1 aliphatic heterocycles. The number of nitrogens with one attached hydrogen (secondary N) is 1. The lowest BCUT2D eigenvalue weighted by Crippen LogP contribution is -2.50. The summed E-state index contributed by atoms with van der Waals surface area (Å²) in [5, 5.41) is 3.37. The van der Waals surface area contributed by atoms with Gasteiger partial charge in [-0.25, -0.2) is 0 Å². The Bertz CT molecular complexity index is 128. The summed E-state index contributed by atoms with van der Waals surface area (Å²) in [6, 6.07) is 0.710. The fourth-order valence-corrected chi connectivity index (χ4v) is 1.71. The summed E-state index contributed by atoms with van der Waals surface area (Å²) in [5.41, 5.74) is 0. The zero-order chi connectivity index (χ0) is 9.68. The first kappa shape index (κ1) is 11.0. The van der Waals surface area contributed by atoms with Crippen molar-refractivity contribution in [2.24, 2.45) is 0 Å². The van der Waals surface area contributed by atoms with Gasteiger partial charge in [0.1, 0.15) is 0 Å². The molecule has 0 aromatic carbocycles. The van der Waals surface area contributed by atoms with Gasteiger partial charge < -0.3 is 5.32 Å². The quantitative estimate of drug-likeness (QED) is 0.691. The molecule has 0 spiro atoms. The predicted octanol–water partition coefficient (Wildman–Crippen LogP) is 0.579. The van der Waals surface area contributed by atoms with Gasteiger partial charge >= 0.3 is 0 Å². The van der Waals surface area contributed by atoms with Crippen molar-refractivity contribution in [3.63, 3.8) is 0 Å². The van der Waals surface area contributed by atoms with Gasteiger partial charge in [-0.15, -0.1) is 0 Å². The van der Waals surface area contributed by atoms with Crippen LogP contribution in [0.4, 0.5) is 0 Å². The van der Waals surface area contributed by atoms with Crippen LogP contribution < -0.4 is 5.32 Å². The summed E-state index contributed by atoms with van der Waals surface area (Å²) in [5.74, 6) is 0. The fraction of sp³-hybridized carbons (Fsp3) is 1.00. The van der Waals surface area contributed by atoms with Gasteiger partial charge in [-0.3, -0.25) is 9.80 Å². The highest BCUT2D eigenvalue weighted by Crippen LogP contribution is 2.04. The summed E-state index contributed by atoms with van der Waals surface area (Å²) in [6.45, 7) is 13.7. The van der Waals surface area contributed by atoms with E-state index in [0.29, 0.717) is 6.04 Å². The van der Waals surface area contributed by atoms with E-state index in [2.05, 4.69) is 35.9 Å². The first-order valence-electron chi connectivity index (χ1n) is 5.41. The first-order valence-corrected chi connectivity index (χ1v) is 5.41. The summed E-state index contributed by atoms with van der Waals surface area (Å²) in [6.07, 6.45) is 0. The van der Waals surface area contributed by atoms with Crippen LogP contribution in [-0.2, 0) is 0 Å². The highest BCUT2D eigenvalue weighted by Gasteiger charge is 2.17. The van der Waals surface area contributed by atoms with Gasteiger partial charge in [0.15, 0.2) is 0 Å². The molecule has 0 atom stereocenters. The van der Waals surface area contributed by atoms with Gasteiger partial charge in [0.05, 0.1) is 0 Å². The van der Waals surface area contributed by atoms with Crippen molar-refractivity contribution in [2.45, 2.75) is 26.8 Å². The molecule has 78 valence electrons. The molecule has 3 nitrogen and oxygen atoms in total. The van der Waals surface area contributed by atoms with Crippen molar-refractivity contribution in [2.75, 3.05) is 39.4 Å². The Morgan fingerprint density at radius 1 is 1.15 bits per heavy atom. The Morgan fingerprint density at radius 2 is 1.77 bits per heavy atom. The van der Waals surface area contributed by atoms with Crippen LogP contribution in [0.25, 0.3) is 0 Å². The molecule has 1 heterocycles. The van der Waals surface area contributed by atoms with Crippen molar-refractivity contribution in [3.05, 3.63) is 0 Å². The van der Waals surface area contributed by atoms with E-state index in [1.54, 1.807) is 0 Å². The van der Waals surface area contributed by atoms with Gasteiger partial charge in [-0.1, -0.05) is 6.92 Å². The molecule has 0 saturated carbocycles. The van der Waals surface area contributed by atoms with Gasteiger partial charge in [0.25, 0.3) is 0 Å². The molecule has 3 heteroatoms. The lowest BCUT2D eigenvalue weighted by molar-refractivity contribution is 0.103. The van der Waals surface area contributed by atoms with E-state index >= 15 is 0 Å². The molecular formula is C10H23N3. The molecule has 1 rings (SSSR count). The van der Waals surface area contributed by atoms with Crippen LogP contribution in [0.2, 0.25) is 0 Å². The van der Waals surface area contributed by atoms with Gasteiger partial charge in [0, 0.05) is 38.9 Å². The lowest BCUT2D eigenvalue weighted by atomic mass is 10.2. The molecule has 0 amide bonds. The smallest absolute Gasteiger partial charge is 0.0481 e. The maximum absolute atomic E-state index is 3.37. The zero-order valence-corrected chi connectivity index (χ0v) is 9.21. The second kappa shape index (κ2) is 5.58. The number of nitrogens with zero attached hydrogens (tertiary/aromatic N) is 2. The Labute approximate surface area is 82.1 Å². The SMILES string of the molecule is CCNCN1CCN(C(C)C)CC1. The summed E-state index contributed by atoms with van der Waals surface area (Å²) in [4.78, 5) is 5.03. The molecule has 0 radical (unpaired) electrons. The number of piperazine rings is 1. The topological polar surface area (TPSA) is 18.5 Å². The third kappa shape index (κ3) is 3.63. The standard InChI is InChI=1S/C10H23N3/c1-4-11-9-12-5-7-13(8-6-12)10(2)3/h10-11H,4-9H2,1-3H3. The largest absolute Gasteiger partial charge is 0.305 e. The van der Waals surface area contributed by atoms with Crippen LogP contribution in [0.15, 0.2) is 0 Å². The maximum Gasteiger partial charge on any atom is 0.0481 e. The van der Waals surface area contributed by atoms with E-state index in [-0.39, 0.29) is 0 Å². The minimum Gasteiger partial charge on any atom is -0.305 e. The third-order valence-electron chi connectivity index (χ3n) is 2.72. The van der Waals surface area contributed by atoms with E-state index in [4.69, 9.17) is 0 Å². The van der Waals surface area contributed by atoms with E-state index in [1.807, 2.05) is 0 Å². The average molecular weight is 185 g/mol. The fourth-order valence-electron chi connectivity index (χ4n) is 1.71. The Morgan fingerprint density at radius 3 is 2.23 bits per heavy atom. The van der Waals surface area contributed by atoms with Crippen LogP contribution in [0.5, 0.6) is 0 Å². The van der Waals surface area contributed by atoms with Crippen LogP contribution in [0.3, 0.4) is 0 Å². The maximum atomic E-state index is 3.37. The minimum absolute atomic E-state index is 0.710. The average Bonchev–Trinajstić information content (AvgIpc) is 2.15. The molecule has 1 fully saturated rings. The van der Waals surface area contributed by atoms with Crippen molar-refractivity contribution in [1.82, 2.24) is 15.1 Å². The monoisotopic (exact) mass is 185 g/mol. The van der Waals surface area contributed by atoms with Crippen molar-refractivity contribution < 1.29 is 0 Å². The number of hydrogen-bond donors (Lipinski definition) is 1. The molecule has 1 saturated heterocycles. The Kier molecular flexibility index (Phi) is 4.70. The predicted molar refractivity (Wildman–Crippen MR) is 56.8 cm³/mol. The van der Waals surface area contributed by atoms with Crippen molar-refractivity contribution in [3.8, 4) is 0 Å². The molecular weight excluding hydrogens is 162 g/mol. The van der Waals surface area contributed by atoms with Crippen LogP contribution >= 0.6 is 0 Å². The van der Waals surface area contributed by atoms with E-state index in [1.165, 1.54) is 26.2 Å². The highest BCUT2D eigenvalue weighted by atomic mass is 15.3. The second-order valence-corrected chi connectivity index (χ2v) is 4.01.